The maximum atomic E-state index is 9.75. The van der Waals surface area contributed by atoms with E-state index in [0.717, 1.165) is 41.9 Å². The van der Waals surface area contributed by atoms with Crippen molar-refractivity contribution >= 4 is 54.2 Å². The molecule has 0 radical (unpaired) electrons. The third-order valence-electron chi connectivity index (χ3n) is 5.70. The Morgan fingerprint density at radius 1 is 0.857 bits per heavy atom. The zero-order chi connectivity index (χ0) is 31.7. The van der Waals surface area contributed by atoms with E-state index in [1.165, 1.54) is 11.3 Å². The lowest BCUT2D eigenvalue weighted by Gasteiger charge is -2.23. The van der Waals surface area contributed by atoms with E-state index in [-0.39, 0.29) is 0 Å². The van der Waals surface area contributed by atoms with Crippen molar-refractivity contribution in [1.29, 1.82) is 0 Å². The average molecular weight is 623 g/mol. The second-order valence-corrected chi connectivity index (χ2v) is 9.47. The van der Waals surface area contributed by atoms with Gasteiger partial charge in [-0.25, -0.2) is 13.7 Å². The van der Waals surface area contributed by atoms with Crippen LogP contribution in [0.5, 0.6) is 0 Å². The number of rotatable bonds is 7. The summed E-state index contributed by atoms with van der Waals surface area (Å²) in [7, 11) is -5.97. The van der Waals surface area contributed by atoms with Crippen LogP contribution in [0.3, 0.4) is 0 Å². The molecule has 0 aliphatic heterocycles. The molecule has 4 rings (SSSR count). The fourth-order valence-electron chi connectivity index (χ4n) is 3.93. The quantitative estimate of drug-likeness (QED) is 0.0908. The number of hydrogen-bond acceptors (Lipinski definition) is 3. The van der Waals surface area contributed by atoms with Gasteiger partial charge in [-0.3, -0.25) is 0 Å². The van der Waals surface area contributed by atoms with Crippen molar-refractivity contribution in [2.45, 2.75) is 13.3 Å². The predicted molar refractivity (Wildman–Crippen MR) is 149 cm³/mol. The largest absolute Gasteiger partial charge is 0.673 e. The van der Waals surface area contributed by atoms with E-state index in [0.29, 0.717) is 5.02 Å². The molecule has 2 aromatic heterocycles. The number of likely N-dealkylation sites (N-methyl/N-ethyl adjacent to an activating group) is 1. The fraction of sp³-hybridized carbons (Fsp3) is 0.280. The van der Waals surface area contributed by atoms with Gasteiger partial charge in [0.2, 0.25) is 11.8 Å². The summed E-state index contributed by atoms with van der Waals surface area (Å²) in [5, 5.41) is 9.62. The molecule has 42 heavy (non-hydrogen) atoms. The Bertz CT molecular complexity index is 1440. The third-order valence-corrected chi connectivity index (χ3v) is 5.92. The van der Waals surface area contributed by atoms with Gasteiger partial charge in [-0.15, -0.1) is 5.11 Å². The lowest BCUT2D eigenvalue weighted by molar-refractivity contribution is -0.671. The number of nitrogens with zero attached hydrogens (tertiary/aromatic N) is 6. The first-order valence-electron chi connectivity index (χ1n) is 12.5. The second-order valence-electron chi connectivity index (χ2n) is 9.04. The summed E-state index contributed by atoms with van der Waals surface area (Å²) < 4.78 is 84.1. The summed E-state index contributed by atoms with van der Waals surface area (Å²) in [6.45, 7) is 4.10. The number of benzene rings is 2. The lowest BCUT2D eigenvalue weighted by Crippen LogP contribution is -2.27. The summed E-state index contributed by atoms with van der Waals surface area (Å²) in [4.78, 5) is 2.37. The molecule has 6 nitrogen and oxygen atoms in total. The molecule has 0 unspecified atom stereocenters. The van der Waals surface area contributed by atoms with Gasteiger partial charge < -0.3 is 39.4 Å². The van der Waals surface area contributed by atoms with Crippen LogP contribution in [0, 0.1) is 0 Å². The molecule has 0 saturated heterocycles. The maximum absolute atomic E-state index is 9.75. The highest BCUT2D eigenvalue weighted by Crippen LogP contribution is 2.30. The van der Waals surface area contributed by atoms with Gasteiger partial charge in [-0.1, -0.05) is 11.6 Å². The Hall–Kier alpha value is -3.68. The second kappa shape index (κ2) is 15.0. The van der Waals surface area contributed by atoms with Crippen LogP contribution in [0.15, 0.2) is 77.5 Å². The number of aromatic nitrogens is 3. The number of fused-ring (bicyclic) bond motifs is 1. The van der Waals surface area contributed by atoms with Crippen molar-refractivity contribution in [2.24, 2.45) is 31.4 Å². The van der Waals surface area contributed by atoms with Crippen LogP contribution >= 0.6 is 11.6 Å². The Kier molecular flexibility index (Phi) is 12.3. The third kappa shape index (κ3) is 12.5. The van der Waals surface area contributed by atoms with Gasteiger partial charge in [0.05, 0.1) is 19.8 Å². The topological polar surface area (TPSA) is 40.6 Å². The van der Waals surface area contributed by atoms with Gasteiger partial charge >= 0.3 is 14.5 Å². The van der Waals surface area contributed by atoms with Crippen molar-refractivity contribution in [3.05, 3.63) is 77.8 Å². The van der Waals surface area contributed by atoms with Gasteiger partial charge in [0, 0.05) is 42.0 Å². The first-order valence-corrected chi connectivity index (χ1v) is 12.9. The van der Waals surface area contributed by atoms with Crippen LogP contribution in [0.1, 0.15) is 12.5 Å². The molecule has 0 bridgehead atoms. The number of halogens is 9. The van der Waals surface area contributed by atoms with Crippen molar-refractivity contribution < 1.29 is 43.7 Å². The van der Waals surface area contributed by atoms with E-state index < -0.39 is 14.5 Å². The van der Waals surface area contributed by atoms with Crippen LogP contribution < -0.4 is 14.0 Å². The summed E-state index contributed by atoms with van der Waals surface area (Å²) >= 11 is 6.31. The SMILES string of the molecule is CCN(CCc1cc[n+](C)cc1)c1ccc(N=Nc2cc(Cl)cc3c2n(C)c[n+]3C)cc1.F[B-](F)(F)F.F[B-](F)(F)F. The van der Waals surface area contributed by atoms with Crippen LogP contribution in [-0.4, -0.2) is 32.2 Å². The maximum Gasteiger partial charge on any atom is 0.673 e. The standard InChI is InChI=1S/C25H29ClN6.2BF4/c1-5-32(15-12-19-10-13-29(2)14-11-19)22-8-6-21(7-9-22)27-28-23-16-20(26)17-24-25(23)31(4)18-30(24)3;2*2-1(3,4)5/h6-11,13-14,16-18H,5,12,15H2,1-4H3;;/q+2;2*-1. The van der Waals surface area contributed by atoms with Gasteiger partial charge in [0.15, 0.2) is 17.9 Å². The molecule has 17 heteroatoms. The minimum absolute atomic E-state index is 0.648. The monoisotopic (exact) mass is 622 g/mol. The Morgan fingerprint density at radius 3 is 1.93 bits per heavy atom. The van der Waals surface area contributed by atoms with Crippen LogP contribution in [0.25, 0.3) is 11.0 Å². The van der Waals surface area contributed by atoms with E-state index in [2.05, 4.69) is 63.3 Å². The van der Waals surface area contributed by atoms with Gasteiger partial charge in [-0.05, 0) is 49.2 Å². The molecule has 0 saturated carbocycles. The smallest absolute Gasteiger partial charge is 0.418 e. The molecular weight excluding hydrogens is 593 g/mol. The molecule has 0 fully saturated rings. The first-order chi connectivity index (χ1) is 19.4. The van der Waals surface area contributed by atoms with Crippen LogP contribution in [0.2, 0.25) is 5.02 Å². The minimum Gasteiger partial charge on any atom is -0.418 e. The number of imidazole rings is 1. The Balaban J connectivity index is 0.000000533. The van der Waals surface area contributed by atoms with E-state index in [9.17, 15) is 34.5 Å². The highest BCUT2D eigenvalue weighted by Gasteiger charge is 2.21. The summed E-state index contributed by atoms with van der Waals surface area (Å²) in [6, 6.07) is 16.4. The highest BCUT2D eigenvalue weighted by atomic mass is 35.5. The van der Waals surface area contributed by atoms with Crippen molar-refractivity contribution in [2.75, 3.05) is 18.0 Å². The van der Waals surface area contributed by atoms with E-state index in [1.807, 2.05) is 60.9 Å². The highest BCUT2D eigenvalue weighted by molar-refractivity contribution is 6.50. The zero-order valence-electron chi connectivity index (χ0n) is 23.2. The van der Waals surface area contributed by atoms with Gasteiger partial charge in [0.25, 0.3) is 0 Å². The summed E-state index contributed by atoms with van der Waals surface area (Å²) in [5.74, 6) is 0. The Morgan fingerprint density at radius 2 is 1.40 bits per heavy atom. The number of hydrogen-bond donors (Lipinski definition) is 0. The summed E-state index contributed by atoms with van der Waals surface area (Å²) in [6.07, 6.45) is 7.20. The van der Waals surface area contributed by atoms with Crippen molar-refractivity contribution in [3.63, 3.8) is 0 Å². The lowest BCUT2D eigenvalue weighted by atomic mass is 10.2. The molecule has 4 aromatic rings. The molecule has 0 aliphatic carbocycles. The van der Waals surface area contributed by atoms with E-state index >= 15 is 0 Å². The molecule has 0 N–H and O–H groups in total. The number of aryl methyl sites for hydroxylation is 3. The normalized spacial score (nSPS) is 11.6. The average Bonchev–Trinajstić information content (AvgIpc) is 3.15. The summed E-state index contributed by atoms with van der Waals surface area (Å²) in [5.41, 5.74) is 6.12. The van der Waals surface area contributed by atoms with Crippen molar-refractivity contribution in [3.8, 4) is 0 Å². The fourth-order valence-corrected chi connectivity index (χ4v) is 4.14. The predicted octanol–water partition coefficient (Wildman–Crippen LogP) is 7.57. The molecule has 2 aromatic carbocycles. The molecule has 0 aliphatic rings. The van der Waals surface area contributed by atoms with Crippen molar-refractivity contribution in [1.82, 2.24) is 4.57 Å². The van der Waals surface area contributed by atoms with Gasteiger partial charge in [0.1, 0.15) is 12.7 Å². The zero-order valence-corrected chi connectivity index (χ0v) is 24.0. The molecule has 0 spiro atoms. The number of anilines is 1. The van der Waals surface area contributed by atoms with Crippen LogP contribution in [0.4, 0.5) is 51.6 Å². The van der Waals surface area contributed by atoms with Crippen LogP contribution in [-0.2, 0) is 27.6 Å². The molecule has 228 valence electrons. The molecule has 0 atom stereocenters. The Labute approximate surface area is 243 Å². The van der Waals surface area contributed by atoms with Gasteiger partial charge in [-0.2, -0.15) is 5.11 Å². The number of pyridine rings is 1. The first kappa shape index (κ1) is 34.5. The minimum atomic E-state index is -6.00. The molecular formula is C25H29B2ClF8N6. The molecule has 0 amide bonds. The van der Waals surface area contributed by atoms with E-state index in [1.54, 1.807) is 0 Å². The molecule has 2 heterocycles. The van der Waals surface area contributed by atoms with E-state index in [4.69, 9.17) is 11.6 Å². The number of azo groups is 1.